The molecule has 3 N–H and O–H groups in total. The first kappa shape index (κ1) is 19.3. The topological polar surface area (TPSA) is 70.1 Å². The summed E-state index contributed by atoms with van der Waals surface area (Å²) in [6, 6.07) is 6.87. The SMILES string of the molecule is CC(C)[C@@H](CO)Nc1nc(Nc2cccc(Cl)c2)cc(C(F)(F)F)n1. The first-order chi connectivity index (χ1) is 11.7. The number of aliphatic hydroxyl groups excluding tert-OH is 1. The van der Waals surface area contributed by atoms with Gasteiger partial charge in [-0.15, -0.1) is 0 Å². The van der Waals surface area contributed by atoms with Gasteiger partial charge in [-0.05, 0) is 24.1 Å². The summed E-state index contributed by atoms with van der Waals surface area (Å²) in [6.45, 7) is 3.40. The quantitative estimate of drug-likeness (QED) is 0.702. The molecule has 0 fully saturated rings. The summed E-state index contributed by atoms with van der Waals surface area (Å²) in [5, 5.41) is 15.3. The van der Waals surface area contributed by atoms with Crippen LogP contribution in [0.3, 0.4) is 0 Å². The maximum atomic E-state index is 13.1. The van der Waals surface area contributed by atoms with Crippen LogP contribution in [0.1, 0.15) is 19.5 Å². The zero-order chi connectivity index (χ0) is 18.6. The first-order valence-electron chi connectivity index (χ1n) is 7.55. The van der Waals surface area contributed by atoms with Crippen molar-refractivity contribution >= 4 is 29.1 Å². The highest BCUT2D eigenvalue weighted by Gasteiger charge is 2.34. The number of alkyl halides is 3. The van der Waals surface area contributed by atoms with Gasteiger partial charge in [0.05, 0.1) is 12.6 Å². The van der Waals surface area contributed by atoms with E-state index in [0.717, 1.165) is 6.07 Å². The molecule has 0 saturated heterocycles. The predicted octanol–water partition coefficient (Wildman–Crippen LogP) is 4.32. The van der Waals surface area contributed by atoms with Crippen molar-refractivity contribution in [1.82, 2.24) is 9.97 Å². The van der Waals surface area contributed by atoms with Crippen molar-refractivity contribution in [3.05, 3.63) is 41.0 Å². The largest absolute Gasteiger partial charge is 0.433 e. The summed E-state index contributed by atoms with van der Waals surface area (Å²) in [6.07, 6.45) is -4.63. The van der Waals surface area contributed by atoms with Gasteiger partial charge in [-0.2, -0.15) is 18.2 Å². The molecular weight excluding hydrogens is 357 g/mol. The molecule has 0 bridgehead atoms. The van der Waals surface area contributed by atoms with Crippen molar-refractivity contribution < 1.29 is 18.3 Å². The average molecular weight is 375 g/mol. The normalized spacial score (nSPS) is 13.0. The molecule has 0 amide bonds. The van der Waals surface area contributed by atoms with E-state index in [1.165, 1.54) is 0 Å². The van der Waals surface area contributed by atoms with Crippen molar-refractivity contribution in [1.29, 1.82) is 0 Å². The van der Waals surface area contributed by atoms with Crippen LogP contribution >= 0.6 is 11.6 Å². The molecule has 136 valence electrons. The Balaban J connectivity index is 2.36. The smallest absolute Gasteiger partial charge is 0.394 e. The minimum Gasteiger partial charge on any atom is -0.394 e. The third-order valence-corrected chi connectivity index (χ3v) is 3.66. The minimum atomic E-state index is -4.63. The molecule has 0 saturated carbocycles. The highest BCUT2D eigenvalue weighted by Crippen LogP contribution is 2.31. The molecule has 5 nitrogen and oxygen atoms in total. The summed E-state index contributed by atoms with van der Waals surface area (Å²) >= 11 is 5.88. The standard InChI is InChI=1S/C16H18ClF3N4O/c1-9(2)12(8-25)22-15-23-13(16(18,19)20)7-14(24-15)21-11-5-3-4-10(17)6-11/h3-7,9,12,25H,8H2,1-2H3,(H2,21,22,23,24)/t12-/m1/s1. The Bertz CT molecular complexity index is 725. The van der Waals surface area contributed by atoms with Crippen LogP contribution in [0.2, 0.25) is 5.02 Å². The molecule has 0 aliphatic heterocycles. The van der Waals surface area contributed by atoms with E-state index < -0.39 is 17.9 Å². The molecule has 2 rings (SSSR count). The molecule has 0 unspecified atom stereocenters. The second kappa shape index (κ2) is 7.88. The molecule has 1 atom stereocenters. The number of hydrogen-bond donors (Lipinski definition) is 3. The number of nitrogens with zero attached hydrogens (tertiary/aromatic N) is 2. The van der Waals surface area contributed by atoms with Crippen molar-refractivity contribution in [3.63, 3.8) is 0 Å². The van der Waals surface area contributed by atoms with Gasteiger partial charge in [0.1, 0.15) is 5.82 Å². The van der Waals surface area contributed by atoms with Crippen LogP contribution in [0, 0.1) is 5.92 Å². The van der Waals surface area contributed by atoms with Crippen molar-refractivity contribution in [2.45, 2.75) is 26.1 Å². The van der Waals surface area contributed by atoms with Crippen LogP contribution in [-0.2, 0) is 6.18 Å². The summed E-state index contributed by atoms with van der Waals surface area (Å²) in [7, 11) is 0. The number of halogens is 4. The second-order valence-electron chi connectivity index (χ2n) is 5.77. The molecule has 0 aliphatic rings. The van der Waals surface area contributed by atoms with E-state index in [4.69, 9.17) is 11.6 Å². The van der Waals surface area contributed by atoms with Gasteiger partial charge >= 0.3 is 6.18 Å². The zero-order valence-corrected chi connectivity index (χ0v) is 14.4. The van der Waals surface area contributed by atoms with E-state index >= 15 is 0 Å². The lowest BCUT2D eigenvalue weighted by Gasteiger charge is -2.21. The van der Waals surface area contributed by atoms with Crippen LogP contribution < -0.4 is 10.6 Å². The van der Waals surface area contributed by atoms with Crippen LogP contribution in [0.5, 0.6) is 0 Å². The lowest BCUT2D eigenvalue weighted by molar-refractivity contribution is -0.141. The van der Waals surface area contributed by atoms with Crippen LogP contribution in [0.4, 0.5) is 30.6 Å². The van der Waals surface area contributed by atoms with E-state index in [9.17, 15) is 18.3 Å². The molecule has 1 aromatic carbocycles. The Morgan fingerprint density at radius 2 is 1.92 bits per heavy atom. The zero-order valence-electron chi connectivity index (χ0n) is 13.6. The summed E-state index contributed by atoms with van der Waals surface area (Å²) in [5.74, 6) is -0.271. The van der Waals surface area contributed by atoms with Gasteiger partial charge in [-0.25, -0.2) is 4.98 Å². The number of anilines is 3. The summed E-state index contributed by atoms with van der Waals surface area (Å²) in [5.41, 5.74) is -0.595. The Labute approximate surface area is 148 Å². The molecule has 0 aliphatic carbocycles. The fourth-order valence-corrected chi connectivity index (χ4v) is 2.21. The molecule has 2 aromatic rings. The van der Waals surface area contributed by atoms with E-state index in [1.54, 1.807) is 24.3 Å². The molecule has 1 aromatic heterocycles. The first-order valence-corrected chi connectivity index (χ1v) is 7.93. The van der Waals surface area contributed by atoms with E-state index in [0.29, 0.717) is 10.7 Å². The van der Waals surface area contributed by atoms with Gasteiger partial charge in [0.2, 0.25) is 5.95 Å². The van der Waals surface area contributed by atoms with E-state index in [2.05, 4.69) is 20.6 Å². The summed E-state index contributed by atoms with van der Waals surface area (Å²) < 4.78 is 39.3. The number of benzene rings is 1. The number of hydrogen-bond acceptors (Lipinski definition) is 5. The molecule has 0 spiro atoms. The molecule has 9 heteroatoms. The third-order valence-electron chi connectivity index (χ3n) is 3.43. The summed E-state index contributed by atoms with van der Waals surface area (Å²) in [4.78, 5) is 7.56. The van der Waals surface area contributed by atoms with Crippen molar-refractivity contribution in [2.24, 2.45) is 5.92 Å². The van der Waals surface area contributed by atoms with Gasteiger partial charge in [0.15, 0.2) is 5.69 Å². The van der Waals surface area contributed by atoms with Crippen molar-refractivity contribution in [2.75, 3.05) is 17.2 Å². The monoisotopic (exact) mass is 374 g/mol. The Morgan fingerprint density at radius 3 is 2.48 bits per heavy atom. The highest BCUT2D eigenvalue weighted by molar-refractivity contribution is 6.30. The van der Waals surface area contributed by atoms with Gasteiger partial charge in [-0.3, -0.25) is 0 Å². The number of rotatable bonds is 6. The maximum Gasteiger partial charge on any atom is 0.433 e. The van der Waals surface area contributed by atoms with Gasteiger partial charge in [0, 0.05) is 16.8 Å². The minimum absolute atomic E-state index is 0.0209. The Hall–Kier alpha value is -2.06. The molecule has 1 heterocycles. The number of aliphatic hydroxyl groups is 1. The third kappa shape index (κ3) is 5.47. The van der Waals surface area contributed by atoms with E-state index in [1.807, 2.05) is 13.8 Å². The maximum absolute atomic E-state index is 13.1. The molecular formula is C16H18ClF3N4O. The molecule has 25 heavy (non-hydrogen) atoms. The number of aromatic nitrogens is 2. The van der Waals surface area contributed by atoms with Crippen molar-refractivity contribution in [3.8, 4) is 0 Å². The van der Waals surface area contributed by atoms with Crippen LogP contribution in [0.25, 0.3) is 0 Å². The van der Waals surface area contributed by atoms with Crippen LogP contribution in [0.15, 0.2) is 30.3 Å². The predicted molar refractivity (Wildman–Crippen MR) is 91.1 cm³/mol. The van der Waals surface area contributed by atoms with Crippen LogP contribution in [-0.4, -0.2) is 27.7 Å². The molecule has 0 radical (unpaired) electrons. The number of nitrogens with one attached hydrogen (secondary N) is 2. The van der Waals surface area contributed by atoms with Gasteiger partial charge in [0.25, 0.3) is 0 Å². The lowest BCUT2D eigenvalue weighted by Crippen LogP contribution is -2.30. The Morgan fingerprint density at radius 1 is 1.20 bits per heavy atom. The van der Waals surface area contributed by atoms with E-state index in [-0.39, 0.29) is 24.3 Å². The fraction of sp³-hybridized carbons (Fsp3) is 0.375. The average Bonchev–Trinajstić information content (AvgIpc) is 2.51. The fourth-order valence-electron chi connectivity index (χ4n) is 2.02. The lowest BCUT2D eigenvalue weighted by atomic mass is 10.1. The Kier molecular flexibility index (Phi) is 6.07. The highest BCUT2D eigenvalue weighted by atomic mass is 35.5. The van der Waals surface area contributed by atoms with Gasteiger partial charge < -0.3 is 15.7 Å². The second-order valence-corrected chi connectivity index (χ2v) is 6.21. The van der Waals surface area contributed by atoms with Gasteiger partial charge in [-0.1, -0.05) is 31.5 Å².